The topological polar surface area (TPSA) is 251 Å². The van der Waals surface area contributed by atoms with Crippen LogP contribution in [0.15, 0.2) is 30.3 Å². The molecular weight excluding hydrogens is 478 g/mol. The van der Waals surface area contributed by atoms with Crippen LogP contribution in [0.25, 0.3) is 0 Å². The molecule has 0 spiro atoms. The maximum absolute atomic E-state index is 12.8. The summed E-state index contributed by atoms with van der Waals surface area (Å²) in [6, 6.07) is 2.51. The molecule has 0 saturated carbocycles. The summed E-state index contributed by atoms with van der Waals surface area (Å²) >= 11 is 0. The van der Waals surface area contributed by atoms with E-state index in [2.05, 4.69) is 16.0 Å². The quantitative estimate of drug-likeness (QED) is 0.121. The van der Waals surface area contributed by atoms with E-state index in [1.54, 1.807) is 30.3 Å². The molecule has 36 heavy (non-hydrogen) atoms. The normalized spacial score (nSPS) is 14.9. The van der Waals surface area contributed by atoms with Crippen molar-refractivity contribution in [1.29, 1.82) is 0 Å². The van der Waals surface area contributed by atoms with Gasteiger partial charge >= 0.3 is 11.9 Å². The number of amides is 4. The largest absolute Gasteiger partial charge is 0.481 e. The van der Waals surface area contributed by atoms with Crippen LogP contribution in [0.3, 0.4) is 0 Å². The van der Waals surface area contributed by atoms with Crippen molar-refractivity contribution in [3.63, 3.8) is 0 Å². The molecule has 4 amide bonds. The van der Waals surface area contributed by atoms with Crippen LogP contribution in [0.5, 0.6) is 0 Å². The molecule has 5 unspecified atom stereocenters. The highest BCUT2D eigenvalue weighted by molar-refractivity contribution is 5.95. The highest BCUT2D eigenvalue weighted by Crippen LogP contribution is 2.06. The van der Waals surface area contributed by atoms with Gasteiger partial charge in [-0.1, -0.05) is 30.3 Å². The van der Waals surface area contributed by atoms with Crippen molar-refractivity contribution >= 4 is 35.6 Å². The fourth-order valence-corrected chi connectivity index (χ4v) is 3.10. The Bertz CT molecular complexity index is 954. The summed E-state index contributed by atoms with van der Waals surface area (Å²) in [4.78, 5) is 71.4. The summed E-state index contributed by atoms with van der Waals surface area (Å²) in [7, 11) is 0. The zero-order chi connectivity index (χ0) is 27.4. The van der Waals surface area contributed by atoms with Gasteiger partial charge in [-0.3, -0.25) is 24.0 Å². The highest BCUT2D eigenvalue weighted by Gasteiger charge is 2.33. The summed E-state index contributed by atoms with van der Waals surface area (Å²) in [5.74, 6) is -6.52. The van der Waals surface area contributed by atoms with Crippen LogP contribution in [0.4, 0.5) is 0 Å². The van der Waals surface area contributed by atoms with E-state index < -0.39 is 85.1 Å². The average molecular weight is 510 g/mol. The van der Waals surface area contributed by atoms with Gasteiger partial charge < -0.3 is 42.7 Å². The maximum atomic E-state index is 12.8. The molecular formula is C22H31N5O9. The molecule has 0 aliphatic heterocycles. The molecule has 0 radical (unpaired) electrons. The number of aliphatic hydroxyl groups excluding tert-OH is 1. The zero-order valence-electron chi connectivity index (χ0n) is 19.5. The molecule has 1 aromatic carbocycles. The summed E-state index contributed by atoms with van der Waals surface area (Å²) in [6.07, 6.45) is -3.05. The molecule has 0 fully saturated rings. The molecule has 14 heteroatoms. The third-order valence-electron chi connectivity index (χ3n) is 5.00. The van der Waals surface area contributed by atoms with Crippen molar-refractivity contribution in [2.75, 3.05) is 0 Å². The third kappa shape index (κ3) is 10.5. The van der Waals surface area contributed by atoms with Crippen LogP contribution in [-0.2, 0) is 35.2 Å². The number of carbonyl (C=O) groups is 6. The van der Waals surface area contributed by atoms with Gasteiger partial charge in [0.1, 0.15) is 18.1 Å². The molecule has 1 rings (SSSR count). The Labute approximate surface area is 206 Å². The molecule has 5 atom stereocenters. The van der Waals surface area contributed by atoms with Crippen molar-refractivity contribution in [3.8, 4) is 0 Å². The first kappa shape index (κ1) is 30.0. The first-order valence-corrected chi connectivity index (χ1v) is 10.9. The second kappa shape index (κ2) is 14.4. The van der Waals surface area contributed by atoms with Gasteiger partial charge in [0.25, 0.3) is 0 Å². The molecule has 0 aliphatic carbocycles. The van der Waals surface area contributed by atoms with Gasteiger partial charge in [-0.05, 0) is 18.9 Å². The van der Waals surface area contributed by atoms with Gasteiger partial charge in [0.2, 0.25) is 23.6 Å². The first-order valence-electron chi connectivity index (χ1n) is 10.9. The molecule has 198 valence electrons. The van der Waals surface area contributed by atoms with E-state index in [-0.39, 0.29) is 6.42 Å². The number of primary amides is 1. The second-order valence-corrected chi connectivity index (χ2v) is 8.09. The van der Waals surface area contributed by atoms with Crippen molar-refractivity contribution < 1.29 is 44.1 Å². The fourth-order valence-electron chi connectivity index (χ4n) is 3.10. The van der Waals surface area contributed by atoms with Gasteiger partial charge in [-0.25, -0.2) is 4.79 Å². The number of benzene rings is 1. The Kier molecular flexibility index (Phi) is 12.0. The molecule has 14 nitrogen and oxygen atoms in total. The summed E-state index contributed by atoms with van der Waals surface area (Å²) < 4.78 is 0. The average Bonchev–Trinajstić information content (AvgIpc) is 2.79. The SMILES string of the molecule is CC(O)C(NC(=O)C(CCC(=O)O)NC(=O)C(N)CC(N)=O)C(=O)NC(Cc1ccccc1)C(=O)O. The van der Waals surface area contributed by atoms with Crippen LogP contribution in [0.2, 0.25) is 0 Å². The molecule has 0 saturated heterocycles. The van der Waals surface area contributed by atoms with Gasteiger partial charge in [-0.15, -0.1) is 0 Å². The Morgan fingerprint density at radius 1 is 0.889 bits per heavy atom. The molecule has 0 bridgehead atoms. The van der Waals surface area contributed by atoms with E-state index in [0.29, 0.717) is 5.56 Å². The molecule has 0 aromatic heterocycles. The van der Waals surface area contributed by atoms with Crippen LogP contribution in [0, 0.1) is 0 Å². The van der Waals surface area contributed by atoms with Crippen molar-refractivity contribution in [3.05, 3.63) is 35.9 Å². The van der Waals surface area contributed by atoms with Crippen LogP contribution < -0.4 is 27.4 Å². The van der Waals surface area contributed by atoms with Crippen LogP contribution in [-0.4, -0.2) is 81.2 Å². The predicted molar refractivity (Wildman–Crippen MR) is 124 cm³/mol. The number of aliphatic hydroxyl groups is 1. The minimum atomic E-state index is -1.64. The number of aliphatic carboxylic acids is 2. The van der Waals surface area contributed by atoms with Crippen molar-refractivity contribution in [2.45, 2.75) is 62.9 Å². The van der Waals surface area contributed by atoms with Gasteiger partial charge in [0, 0.05) is 12.8 Å². The molecule has 0 aliphatic rings. The smallest absolute Gasteiger partial charge is 0.326 e. The Balaban J connectivity index is 2.98. The Morgan fingerprint density at radius 3 is 1.97 bits per heavy atom. The van der Waals surface area contributed by atoms with Gasteiger partial charge in [-0.2, -0.15) is 0 Å². The van der Waals surface area contributed by atoms with E-state index in [9.17, 15) is 39.0 Å². The number of carboxylic acids is 2. The van der Waals surface area contributed by atoms with E-state index in [1.165, 1.54) is 6.92 Å². The number of carbonyl (C=O) groups excluding carboxylic acids is 4. The fraction of sp³-hybridized carbons (Fsp3) is 0.455. The number of carboxylic acid groups (broad SMARTS) is 2. The van der Waals surface area contributed by atoms with Crippen molar-refractivity contribution in [1.82, 2.24) is 16.0 Å². The number of hydrogen-bond acceptors (Lipinski definition) is 8. The van der Waals surface area contributed by atoms with E-state index in [0.717, 1.165) is 0 Å². The zero-order valence-corrected chi connectivity index (χ0v) is 19.5. The molecule has 1 aromatic rings. The lowest BCUT2D eigenvalue weighted by Gasteiger charge is -2.26. The van der Waals surface area contributed by atoms with E-state index in [4.69, 9.17) is 16.6 Å². The van der Waals surface area contributed by atoms with Crippen molar-refractivity contribution in [2.24, 2.45) is 11.5 Å². The Morgan fingerprint density at radius 2 is 1.47 bits per heavy atom. The summed E-state index contributed by atoms with van der Waals surface area (Å²) in [5.41, 5.74) is 11.2. The lowest BCUT2D eigenvalue weighted by Crippen LogP contribution is -2.60. The van der Waals surface area contributed by atoms with Crippen LogP contribution >= 0.6 is 0 Å². The first-order chi connectivity index (χ1) is 16.8. The van der Waals surface area contributed by atoms with Gasteiger partial charge in [0.05, 0.1) is 18.6 Å². The third-order valence-corrected chi connectivity index (χ3v) is 5.00. The number of nitrogens with one attached hydrogen (secondary N) is 3. The van der Waals surface area contributed by atoms with E-state index in [1.807, 2.05) is 0 Å². The number of hydrogen-bond donors (Lipinski definition) is 8. The van der Waals surface area contributed by atoms with E-state index >= 15 is 0 Å². The minimum absolute atomic E-state index is 0.0720. The summed E-state index contributed by atoms with van der Waals surface area (Å²) in [5, 5.41) is 35.2. The molecule has 10 N–H and O–H groups in total. The molecule has 0 heterocycles. The maximum Gasteiger partial charge on any atom is 0.326 e. The monoisotopic (exact) mass is 509 g/mol. The summed E-state index contributed by atoms with van der Waals surface area (Å²) in [6.45, 7) is 1.17. The lowest BCUT2D eigenvalue weighted by atomic mass is 10.0. The second-order valence-electron chi connectivity index (χ2n) is 8.09. The van der Waals surface area contributed by atoms with Crippen LogP contribution in [0.1, 0.15) is 31.7 Å². The lowest BCUT2D eigenvalue weighted by molar-refractivity contribution is -0.143. The highest BCUT2D eigenvalue weighted by atomic mass is 16.4. The predicted octanol–water partition coefficient (Wildman–Crippen LogP) is -2.78. The van der Waals surface area contributed by atoms with Gasteiger partial charge in [0.15, 0.2) is 0 Å². The standard InChI is InChI=1S/C22H31N5O9/c1-11(28)18(21(34)26-15(22(35)36)9-12-5-3-2-4-6-12)27-20(33)14(7-8-17(30)31)25-19(32)13(23)10-16(24)29/h2-6,11,13-15,18,28H,7-10,23H2,1H3,(H2,24,29)(H,25,32)(H,26,34)(H,27,33)(H,30,31)(H,35,36). The number of rotatable bonds is 15. The minimum Gasteiger partial charge on any atom is -0.481 e. The number of nitrogens with two attached hydrogens (primary N) is 2. The Hall–Kier alpha value is -4.04.